The van der Waals surface area contributed by atoms with Crippen molar-refractivity contribution in [3.63, 3.8) is 0 Å². The highest BCUT2D eigenvalue weighted by Crippen LogP contribution is 2.20. The SMILES string of the molecule is CC(C)C1CC(=O)O1. The van der Waals surface area contributed by atoms with Crippen molar-refractivity contribution in [3.8, 4) is 0 Å². The van der Waals surface area contributed by atoms with Crippen molar-refractivity contribution in [2.24, 2.45) is 5.92 Å². The van der Waals surface area contributed by atoms with Gasteiger partial charge in [0.1, 0.15) is 6.10 Å². The molecule has 1 heterocycles. The molecule has 0 aromatic rings. The molecule has 1 aliphatic rings. The number of cyclic esters (lactones) is 1. The Hall–Kier alpha value is -0.530. The molecule has 0 amide bonds. The molecule has 1 unspecified atom stereocenters. The molecule has 0 saturated carbocycles. The first-order valence-electron chi connectivity index (χ1n) is 2.89. The summed E-state index contributed by atoms with van der Waals surface area (Å²) in [5, 5.41) is 0. The van der Waals surface area contributed by atoms with Crippen LogP contribution in [0.5, 0.6) is 0 Å². The Bertz CT molecular complexity index is 99.1. The van der Waals surface area contributed by atoms with Gasteiger partial charge in [-0.2, -0.15) is 0 Å². The van der Waals surface area contributed by atoms with Gasteiger partial charge >= 0.3 is 5.97 Å². The molecule has 0 aliphatic carbocycles. The maximum Gasteiger partial charge on any atom is 0.309 e. The van der Waals surface area contributed by atoms with Crippen LogP contribution in [0.1, 0.15) is 20.3 Å². The van der Waals surface area contributed by atoms with Crippen molar-refractivity contribution in [3.05, 3.63) is 0 Å². The number of carbonyl (C=O) groups excluding carboxylic acids is 1. The molecule has 2 heteroatoms. The molecule has 0 radical (unpaired) electrons. The standard InChI is InChI=1S/C6H10O2/c1-4(2)5-3-6(7)8-5/h4-5H,3H2,1-2H3. The summed E-state index contributed by atoms with van der Waals surface area (Å²) in [4.78, 5) is 10.2. The van der Waals surface area contributed by atoms with Crippen LogP contribution >= 0.6 is 0 Å². The Morgan fingerprint density at radius 3 is 2.38 bits per heavy atom. The summed E-state index contributed by atoms with van der Waals surface area (Å²) in [5.41, 5.74) is 0. The van der Waals surface area contributed by atoms with Crippen molar-refractivity contribution in [1.82, 2.24) is 0 Å². The van der Waals surface area contributed by atoms with Crippen LogP contribution in [0.25, 0.3) is 0 Å². The molecule has 1 saturated heterocycles. The summed E-state index contributed by atoms with van der Waals surface area (Å²) >= 11 is 0. The average molecular weight is 114 g/mol. The lowest BCUT2D eigenvalue weighted by Crippen LogP contribution is -2.36. The fourth-order valence-electron chi connectivity index (χ4n) is 0.695. The third-order valence-corrected chi connectivity index (χ3v) is 1.39. The highest BCUT2D eigenvalue weighted by atomic mass is 16.6. The normalized spacial score (nSPS) is 27.4. The zero-order valence-corrected chi connectivity index (χ0v) is 5.18. The third kappa shape index (κ3) is 0.831. The van der Waals surface area contributed by atoms with Gasteiger partial charge < -0.3 is 4.74 Å². The Morgan fingerprint density at radius 1 is 1.75 bits per heavy atom. The minimum atomic E-state index is -0.0521. The van der Waals surface area contributed by atoms with Crippen LogP contribution in [0.2, 0.25) is 0 Å². The summed E-state index contributed by atoms with van der Waals surface area (Å²) in [7, 11) is 0. The minimum Gasteiger partial charge on any atom is -0.461 e. The van der Waals surface area contributed by atoms with Gasteiger partial charge in [0, 0.05) is 0 Å². The predicted molar refractivity (Wildman–Crippen MR) is 29.3 cm³/mol. The molecule has 0 aromatic carbocycles. The highest BCUT2D eigenvalue weighted by Gasteiger charge is 2.30. The van der Waals surface area contributed by atoms with Crippen LogP contribution in [0.15, 0.2) is 0 Å². The van der Waals surface area contributed by atoms with E-state index in [4.69, 9.17) is 4.74 Å². The Labute approximate surface area is 48.8 Å². The molecular weight excluding hydrogens is 104 g/mol. The minimum absolute atomic E-state index is 0.0521. The predicted octanol–water partition coefficient (Wildman–Crippen LogP) is 0.958. The number of carbonyl (C=O) groups is 1. The average Bonchev–Trinajstić information content (AvgIpc) is 1.57. The lowest BCUT2D eigenvalue weighted by Gasteiger charge is -2.28. The van der Waals surface area contributed by atoms with E-state index in [1.165, 1.54) is 0 Å². The number of ether oxygens (including phenoxy) is 1. The first-order valence-corrected chi connectivity index (χ1v) is 2.89. The second kappa shape index (κ2) is 1.77. The second-order valence-corrected chi connectivity index (χ2v) is 2.48. The molecule has 8 heavy (non-hydrogen) atoms. The second-order valence-electron chi connectivity index (χ2n) is 2.48. The molecule has 0 bridgehead atoms. The van der Waals surface area contributed by atoms with E-state index in [1.807, 2.05) is 0 Å². The lowest BCUT2D eigenvalue weighted by molar-refractivity contribution is -0.173. The summed E-state index contributed by atoms with van der Waals surface area (Å²) in [6.07, 6.45) is 0.833. The topological polar surface area (TPSA) is 26.3 Å². The first kappa shape index (κ1) is 5.60. The van der Waals surface area contributed by atoms with Gasteiger partial charge in [0.25, 0.3) is 0 Å². The van der Waals surface area contributed by atoms with E-state index in [-0.39, 0.29) is 12.1 Å². The molecule has 1 aliphatic heterocycles. The fraction of sp³-hybridized carbons (Fsp3) is 0.833. The number of esters is 1. The van der Waals surface area contributed by atoms with Gasteiger partial charge in [-0.1, -0.05) is 13.8 Å². The smallest absolute Gasteiger partial charge is 0.309 e. The van der Waals surface area contributed by atoms with Crippen LogP contribution in [0, 0.1) is 5.92 Å². The summed E-state index contributed by atoms with van der Waals surface area (Å²) in [5.74, 6) is 0.441. The van der Waals surface area contributed by atoms with Gasteiger partial charge in [0.2, 0.25) is 0 Å². The third-order valence-electron chi connectivity index (χ3n) is 1.39. The maximum absolute atomic E-state index is 10.2. The van der Waals surface area contributed by atoms with E-state index in [0.29, 0.717) is 12.3 Å². The van der Waals surface area contributed by atoms with Crippen LogP contribution in [0.4, 0.5) is 0 Å². The largest absolute Gasteiger partial charge is 0.461 e. The molecule has 2 nitrogen and oxygen atoms in total. The fourth-order valence-corrected chi connectivity index (χ4v) is 0.695. The van der Waals surface area contributed by atoms with Gasteiger partial charge in [0.05, 0.1) is 6.42 Å². The van der Waals surface area contributed by atoms with Crippen LogP contribution < -0.4 is 0 Å². The number of hydrogen-bond donors (Lipinski definition) is 0. The Morgan fingerprint density at radius 2 is 2.25 bits per heavy atom. The molecular formula is C6H10O2. The molecule has 1 atom stereocenters. The Balaban J connectivity index is 2.25. The van der Waals surface area contributed by atoms with Crippen molar-refractivity contribution >= 4 is 5.97 Å². The van der Waals surface area contributed by atoms with E-state index in [2.05, 4.69) is 13.8 Å². The lowest BCUT2D eigenvalue weighted by atomic mass is 10.0. The molecule has 1 rings (SSSR count). The van der Waals surface area contributed by atoms with Gasteiger partial charge in [-0.15, -0.1) is 0 Å². The van der Waals surface area contributed by atoms with Crippen molar-refractivity contribution in [2.75, 3.05) is 0 Å². The molecule has 0 aromatic heterocycles. The number of rotatable bonds is 1. The molecule has 0 N–H and O–H groups in total. The van der Waals surface area contributed by atoms with Crippen LogP contribution in [-0.4, -0.2) is 12.1 Å². The first-order chi connectivity index (χ1) is 3.70. The molecule has 1 fully saturated rings. The molecule has 0 spiro atoms. The van der Waals surface area contributed by atoms with Gasteiger partial charge in [-0.05, 0) is 5.92 Å². The van der Waals surface area contributed by atoms with Crippen molar-refractivity contribution in [2.45, 2.75) is 26.4 Å². The molecule has 46 valence electrons. The Kier molecular flexibility index (Phi) is 1.24. The summed E-state index contributed by atoms with van der Waals surface area (Å²) < 4.78 is 4.76. The van der Waals surface area contributed by atoms with Crippen molar-refractivity contribution < 1.29 is 9.53 Å². The van der Waals surface area contributed by atoms with E-state index in [9.17, 15) is 4.79 Å². The van der Waals surface area contributed by atoms with E-state index in [1.54, 1.807) is 0 Å². The van der Waals surface area contributed by atoms with E-state index >= 15 is 0 Å². The zero-order chi connectivity index (χ0) is 6.15. The van der Waals surface area contributed by atoms with Gasteiger partial charge in [-0.25, -0.2) is 0 Å². The zero-order valence-electron chi connectivity index (χ0n) is 5.18. The maximum atomic E-state index is 10.2. The monoisotopic (exact) mass is 114 g/mol. The summed E-state index contributed by atoms with van der Waals surface area (Å²) in [6.45, 7) is 4.11. The highest BCUT2D eigenvalue weighted by molar-refractivity contribution is 5.75. The van der Waals surface area contributed by atoms with Crippen LogP contribution in [0.3, 0.4) is 0 Å². The van der Waals surface area contributed by atoms with Crippen LogP contribution in [-0.2, 0) is 9.53 Å². The quantitative estimate of drug-likeness (QED) is 0.474. The summed E-state index contributed by atoms with van der Waals surface area (Å²) in [6, 6.07) is 0. The van der Waals surface area contributed by atoms with Crippen molar-refractivity contribution in [1.29, 1.82) is 0 Å². The van der Waals surface area contributed by atoms with Gasteiger partial charge in [-0.3, -0.25) is 4.79 Å². The van der Waals surface area contributed by atoms with E-state index < -0.39 is 0 Å². The van der Waals surface area contributed by atoms with E-state index in [0.717, 1.165) is 0 Å². The number of hydrogen-bond acceptors (Lipinski definition) is 2. The van der Waals surface area contributed by atoms with Gasteiger partial charge in [0.15, 0.2) is 0 Å².